The van der Waals surface area contributed by atoms with Gasteiger partial charge in [0.25, 0.3) is 0 Å². The second kappa shape index (κ2) is 5.96. The first-order valence-corrected chi connectivity index (χ1v) is 10.6. The molecule has 1 aliphatic heterocycles. The monoisotopic (exact) mass is 421 g/mol. The summed E-state index contributed by atoms with van der Waals surface area (Å²) in [6.07, 6.45) is 2.24. The summed E-state index contributed by atoms with van der Waals surface area (Å²) in [7, 11) is 1.67. The number of likely N-dealkylation sites (N-methyl/N-ethyl adjacent to an activating group) is 1. The maximum Gasteiger partial charge on any atom is 0.174 e. The molecule has 1 heterocycles. The minimum Gasteiger partial charge on any atom is -0.493 e. The highest BCUT2D eigenvalue weighted by Crippen LogP contribution is 2.73. The van der Waals surface area contributed by atoms with E-state index in [9.17, 15) is 4.79 Å². The number of Topliss-reactive ketones (excluding diaryl/α,β-unsaturated/α-hetero) is 1. The Hall–Kier alpha value is -1.07. The standard InChI is InChI=1S/C19H22BrNO3.C2H6/c1-4-21-16-9-5-6-11(22)17-19(9)8-18(16,2)13-10(20)7-12(23-3)15(24-17)14(13)19;1-2/h7,9,16-17,21H,4-6,8H2,1-3H3;1-2H3/t9?,16?,17-,18?,19-;/m1./s1. The Labute approximate surface area is 164 Å². The van der Waals surface area contributed by atoms with Crippen LogP contribution in [0.3, 0.4) is 0 Å². The van der Waals surface area contributed by atoms with Crippen LogP contribution in [0, 0.1) is 5.92 Å². The van der Waals surface area contributed by atoms with Gasteiger partial charge in [-0.25, -0.2) is 0 Å². The molecule has 4 nitrogen and oxygen atoms in total. The van der Waals surface area contributed by atoms with Gasteiger partial charge in [-0.1, -0.05) is 43.6 Å². The molecule has 5 heteroatoms. The molecule has 3 unspecified atom stereocenters. The minimum atomic E-state index is -0.335. The molecule has 0 aromatic heterocycles. The van der Waals surface area contributed by atoms with E-state index in [2.05, 4.69) is 35.1 Å². The van der Waals surface area contributed by atoms with E-state index in [1.165, 1.54) is 11.1 Å². The molecule has 0 saturated heterocycles. The Bertz CT molecular complexity index is 779. The minimum absolute atomic E-state index is 0.0303. The normalized spacial score (nSPS) is 37.8. The lowest BCUT2D eigenvalue weighted by molar-refractivity contribution is -0.132. The number of hydrogen-bond acceptors (Lipinski definition) is 4. The lowest BCUT2D eigenvalue weighted by Crippen LogP contribution is -2.56. The van der Waals surface area contributed by atoms with E-state index in [1.54, 1.807) is 7.11 Å². The molecule has 2 fully saturated rings. The maximum absolute atomic E-state index is 12.8. The van der Waals surface area contributed by atoms with Crippen LogP contribution in [-0.4, -0.2) is 31.6 Å². The SMILES string of the molecule is CC.CCNC1C2CCC(=O)[C@H]3Oc4c(OC)cc(Br)c5c4[C@@]23CC51C. The molecule has 1 aromatic carbocycles. The zero-order chi connectivity index (χ0) is 18.9. The molecule has 2 bridgehead atoms. The number of hydrogen-bond donors (Lipinski definition) is 1. The van der Waals surface area contributed by atoms with Gasteiger partial charge in [-0.2, -0.15) is 0 Å². The molecule has 3 aliphatic carbocycles. The highest BCUT2D eigenvalue weighted by atomic mass is 79.9. The fourth-order valence-corrected chi connectivity index (χ4v) is 7.28. The first-order valence-electron chi connectivity index (χ1n) is 9.83. The van der Waals surface area contributed by atoms with Crippen molar-refractivity contribution in [2.24, 2.45) is 5.92 Å². The van der Waals surface area contributed by atoms with E-state index in [-0.39, 0.29) is 22.7 Å². The van der Waals surface area contributed by atoms with Crippen LogP contribution >= 0.6 is 15.9 Å². The molecule has 26 heavy (non-hydrogen) atoms. The van der Waals surface area contributed by atoms with Crippen LogP contribution < -0.4 is 14.8 Å². The predicted molar refractivity (Wildman–Crippen MR) is 105 cm³/mol. The third-order valence-corrected chi connectivity index (χ3v) is 7.61. The average molecular weight is 422 g/mol. The highest BCUT2D eigenvalue weighted by Gasteiger charge is 2.75. The van der Waals surface area contributed by atoms with Crippen LogP contribution in [0.4, 0.5) is 0 Å². The number of halogens is 1. The Morgan fingerprint density at radius 1 is 1.38 bits per heavy atom. The molecule has 0 radical (unpaired) electrons. The predicted octanol–water partition coefficient (Wildman–Crippen LogP) is 4.11. The maximum atomic E-state index is 12.8. The van der Waals surface area contributed by atoms with E-state index in [0.29, 0.717) is 18.4 Å². The average Bonchev–Trinajstić information content (AvgIpc) is 3.20. The summed E-state index contributed by atoms with van der Waals surface area (Å²) in [5, 5.41) is 3.75. The molecule has 5 rings (SSSR count). The molecule has 2 saturated carbocycles. The first-order chi connectivity index (χ1) is 12.5. The summed E-state index contributed by atoms with van der Waals surface area (Å²) in [6.45, 7) is 9.47. The lowest BCUT2D eigenvalue weighted by atomic mass is 9.60. The number of methoxy groups -OCH3 is 1. The molecule has 5 atom stereocenters. The van der Waals surface area contributed by atoms with Gasteiger partial charge in [0.2, 0.25) is 0 Å². The van der Waals surface area contributed by atoms with Gasteiger partial charge in [0.1, 0.15) is 0 Å². The quantitative estimate of drug-likeness (QED) is 0.797. The van der Waals surface area contributed by atoms with E-state index < -0.39 is 0 Å². The number of benzene rings is 1. The second-order valence-corrected chi connectivity index (χ2v) is 8.77. The van der Waals surface area contributed by atoms with Crippen LogP contribution in [0.1, 0.15) is 58.1 Å². The number of fused-ring (bicyclic) bond motifs is 2. The van der Waals surface area contributed by atoms with Crippen molar-refractivity contribution in [1.82, 2.24) is 5.32 Å². The van der Waals surface area contributed by atoms with E-state index >= 15 is 0 Å². The van der Waals surface area contributed by atoms with Gasteiger partial charge < -0.3 is 14.8 Å². The third-order valence-electron chi connectivity index (χ3n) is 6.99. The summed E-state index contributed by atoms with van der Waals surface area (Å²) < 4.78 is 12.9. The summed E-state index contributed by atoms with van der Waals surface area (Å²) in [6, 6.07) is 2.40. The van der Waals surface area contributed by atoms with Crippen LogP contribution in [0.2, 0.25) is 0 Å². The highest BCUT2D eigenvalue weighted by molar-refractivity contribution is 9.10. The summed E-state index contributed by atoms with van der Waals surface area (Å²) in [5.74, 6) is 2.28. The number of nitrogens with one attached hydrogen (secondary N) is 1. The topological polar surface area (TPSA) is 47.6 Å². The van der Waals surface area contributed by atoms with Gasteiger partial charge in [0, 0.05) is 33.3 Å². The van der Waals surface area contributed by atoms with Crippen molar-refractivity contribution < 1.29 is 14.3 Å². The molecule has 142 valence electrons. The molecule has 4 aliphatic rings. The molecule has 1 spiro atoms. The van der Waals surface area contributed by atoms with E-state index in [4.69, 9.17) is 9.47 Å². The zero-order valence-corrected chi connectivity index (χ0v) is 17.8. The van der Waals surface area contributed by atoms with Gasteiger partial charge in [0.05, 0.1) is 7.11 Å². The molecule has 1 N–H and O–H groups in total. The second-order valence-electron chi connectivity index (χ2n) is 7.92. The van der Waals surface area contributed by atoms with Crippen molar-refractivity contribution in [1.29, 1.82) is 0 Å². The Morgan fingerprint density at radius 2 is 2.12 bits per heavy atom. The van der Waals surface area contributed by atoms with Gasteiger partial charge >= 0.3 is 0 Å². The van der Waals surface area contributed by atoms with Crippen LogP contribution in [-0.2, 0) is 15.6 Å². The van der Waals surface area contributed by atoms with E-state index in [1.807, 2.05) is 19.9 Å². The van der Waals surface area contributed by atoms with Crippen LogP contribution in [0.15, 0.2) is 10.5 Å². The van der Waals surface area contributed by atoms with Crippen LogP contribution in [0.25, 0.3) is 0 Å². The molecule has 1 aromatic rings. The van der Waals surface area contributed by atoms with Crippen molar-refractivity contribution >= 4 is 21.7 Å². The lowest BCUT2D eigenvalue weighted by Gasteiger charge is -2.44. The number of ketones is 1. The van der Waals surface area contributed by atoms with Gasteiger partial charge in [-0.05, 0) is 36.9 Å². The largest absolute Gasteiger partial charge is 0.493 e. The van der Waals surface area contributed by atoms with Gasteiger partial charge in [0.15, 0.2) is 23.4 Å². The first kappa shape index (κ1) is 18.3. The zero-order valence-electron chi connectivity index (χ0n) is 16.2. The smallest absolute Gasteiger partial charge is 0.174 e. The fourth-order valence-electron chi connectivity index (χ4n) is 6.42. The molecular formula is C21H28BrNO3. The van der Waals surface area contributed by atoms with Crippen LogP contribution in [0.5, 0.6) is 11.5 Å². The third kappa shape index (κ3) is 1.86. The van der Waals surface area contributed by atoms with Crippen molar-refractivity contribution in [3.8, 4) is 11.5 Å². The Kier molecular flexibility index (Phi) is 4.20. The molecular weight excluding hydrogens is 394 g/mol. The van der Waals surface area contributed by atoms with Crippen molar-refractivity contribution in [3.63, 3.8) is 0 Å². The fraction of sp³-hybridized carbons (Fsp3) is 0.667. The molecule has 0 amide bonds. The summed E-state index contributed by atoms with van der Waals surface area (Å²) in [4.78, 5) is 12.8. The summed E-state index contributed by atoms with van der Waals surface area (Å²) in [5.41, 5.74) is 2.45. The number of carbonyl (C=O) groups is 1. The number of rotatable bonds is 3. The van der Waals surface area contributed by atoms with Crippen molar-refractivity contribution in [2.45, 2.75) is 69.9 Å². The Morgan fingerprint density at radius 3 is 2.77 bits per heavy atom. The van der Waals surface area contributed by atoms with Crippen molar-refractivity contribution in [3.05, 3.63) is 21.7 Å². The van der Waals surface area contributed by atoms with E-state index in [0.717, 1.165) is 35.4 Å². The van der Waals surface area contributed by atoms with Crippen molar-refractivity contribution in [2.75, 3.05) is 13.7 Å². The summed E-state index contributed by atoms with van der Waals surface area (Å²) >= 11 is 3.79. The van der Waals surface area contributed by atoms with Gasteiger partial charge in [-0.3, -0.25) is 4.79 Å². The van der Waals surface area contributed by atoms with Gasteiger partial charge in [-0.15, -0.1) is 0 Å². The Balaban J connectivity index is 0.000000814. The number of carbonyl (C=O) groups excluding carboxylic acids is 1. The number of ether oxygens (including phenoxy) is 2.